The van der Waals surface area contributed by atoms with Gasteiger partial charge in [-0.05, 0) is 13.0 Å². The summed E-state index contributed by atoms with van der Waals surface area (Å²) in [5.41, 5.74) is 0.703. The van der Waals surface area contributed by atoms with Gasteiger partial charge in [-0.1, -0.05) is 0 Å². The van der Waals surface area contributed by atoms with Crippen molar-refractivity contribution in [3.05, 3.63) is 18.0 Å². The minimum absolute atomic E-state index is 0.450. The zero-order valence-electron chi connectivity index (χ0n) is 9.24. The molecule has 1 aromatic rings. The lowest BCUT2D eigenvalue weighted by Crippen LogP contribution is -2.48. The van der Waals surface area contributed by atoms with E-state index in [0.717, 1.165) is 19.6 Å². The number of aromatic nitrogens is 2. The van der Waals surface area contributed by atoms with Gasteiger partial charge in [-0.25, -0.2) is 4.68 Å². The van der Waals surface area contributed by atoms with E-state index in [1.54, 1.807) is 6.07 Å². The van der Waals surface area contributed by atoms with E-state index >= 15 is 0 Å². The van der Waals surface area contributed by atoms with Gasteiger partial charge in [-0.3, -0.25) is 4.90 Å². The Bertz CT molecular complexity index is 339. The van der Waals surface area contributed by atoms with Crippen molar-refractivity contribution < 1.29 is 8.78 Å². The minimum atomic E-state index is -2.55. The molecule has 1 aliphatic heterocycles. The number of nitrogens with zero attached hydrogens (tertiary/aromatic N) is 3. The van der Waals surface area contributed by atoms with Gasteiger partial charge >= 0.3 is 6.55 Å². The first-order chi connectivity index (χ1) is 7.65. The van der Waals surface area contributed by atoms with Gasteiger partial charge in [0.25, 0.3) is 0 Å². The first-order valence-corrected chi connectivity index (χ1v) is 5.43. The zero-order chi connectivity index (χ0) is 11.5. The first-order valence-electron chi connectivity index (χ1n) is 5.43. The molecule has 1 fully saturated rings. The van der Waals surface area contributed by atoms with Gasteiger partial charge in [0.05, 0.1) is 5.69 Å². The molecule has 2 heterocycles. The Morgan fingerprint density at radius 1 is 1.62 bits per heavy atom. The van der Waals surface area contributed by atoms with E-state index in [1.807, 2.05) is 0 Å². The molecule has 16 heavy (non-hydrogen) atoms. The molecule has 6 heteroatoms. The van der Waals surface area contributed by atoms with Gasteiger partial charge < -0.3 is 5.32 Å². The second kappa shape index (κ2) is 4.88. The number of halogens is 2. The molecule has 1 N–H and O–H groups in total. The third kappa shape index (κ3) is 2.76. The van der Waals surface area contributed by atoms with Gasteiger partial charge in [0, 0.05) is 38.4 Å². The number of hydrogen-bond acceptors (Lipinski definition) is 3. The molecular formula is C10H16F2N4. The fourth-order valence-corrected chi connectivity index (χ4v) is 1.96. The molecule has 0 bridgehead atoms. The molecule has 4 nitrogen and oxygen atoms in total. The van der Waals surface area contributed by atoms with E-state index < -0.39 is 6.55 Å². The SMILES string of the molecule is C[C@H]1CN(Cc2ccn(C(F)F)n2)CCN1. The predicted molar refractivity (Wildman–Crippen MR) is 56.2 cm³/mol. The summed E-state index contributed by atoms with van der Waals surface area (Å²) in [7, 11) is 0. The second-order valence-electron chi connectivity index (χ2n) is 4.16. The molecule has 90 valence electrons. The molecular weight excluding hydrogens is 214 g/mol. The molecule has 1 aromatic heterocycles. The van der Waals surface area contributed by atoms with Crippen molar-refractivity contribution in [1.82, 2.24) is 20.0 Å². The lowest BCUT2D eigenvalue weighted by molar-refractivity contribution is 0.0556. The van der Waals surface area contributed by atoms with Crippen LogP contribution in [0.4, 0.5) is 8.78 Å². The van der Waals surface area contributed by atoms with E-state index in [0.29, 0.717) is 23.0 Å². The van der Waals surface area contributed by atoms with Crippen molar-refractivity contribution >= 4 is 0 Å². The molecule has 1 saturated heterocycles. The molecule has 0 radical (unpaired) electrons. The maximum Gasteiger partial charge on any atom is 0.333 e. The topological polar surface area (TPSA) is 33.1 Å². The van der Waals surface area contributed by atoms with Crippen molar-refractivity contribution in [2.24, 2.45) is 0 Å². The van der Waals surface area contributed by atoms with Crippen LogP contribution in [0.25, 0.3) is 0 Å². The number of nitrogens with one attached hydrogen (secondary N) is 1. The normalized spacial score (nSPS) is 22.9. The minimum Gasteiger partial charge on any atom is -0.312 e. The monoisotopic (exact) mass is 230 g/mol. The number of hydrogen-bond donors (Lipinski definition) is 1. The van der Waals surface area contributed by atoms with Crippen LogP contribution in [-0.2, 0) is 6.54 Å². The number of alkyl halides is 2. The summed E-state index contributed by atoms with van der Waals surface area (Å²) in [5, 5.41) is 7.17. The Balaban J connectivity index is 1.92. The Labute approximate surface area is 93.2 Å². The lowest BCUT2D eigenvalue weighted by atomic mass is 10.2. The van der Waals surface area contributed by atoms with Crippen molar-refractivity contribution in [3.8, 4) is 0 Å². The van der Waals surface area contributed by atoms with Crippen molar-refractivity contribution in [3.63, 3.8) is 0 Å². The van der Waals surface area contributed by atoms with Crippen molar-refractivity contribution in [1.29, 1.82) is 0 Å². The van der Waals surface area contributed by atoms with Crippen LogP contribution in [0.1, 0.15) is 19.2 Å². The largest absolute Gasteiger partial charge is 0.333 e. The van der Waals surface area contributed by atoms with Gasteiger partial charge in [0.2, 0.25) is 0 Å². The number of piperazine rings is 1. The number of rotatable bonds is 3. The first kappa shape index (κ1) is 11.5. The molecule has 1 aliphatic rings. The van der Waals surface area contributed by atoms with Gasteiger partial charge in [0.1, 0.15) is 0 Å². The van der Waals surface area contributed by atoms with Crippen LogP contribution in [-0.4, -0.2) is 40.4 Å². The van der Waals surface area contributed by atoms with Crippen LogP contribution in [0.3, 0.4) is 0 Å². The Morgan fingerprint density at radius 3 is 3.06 bits per heavy atom. The lowest BCUT2D eigenvalue weighted by Gasteiger charge is -2.31. The summed E-state index contributed by atoms with van der Waals surface area (Å²) in [6, 6.07) is 2.10. The molecule has 0 amide bonds. The highest BCUT2D eigenvalue weighted by molar-refractivity contribution is 4.99. The zero-order valence-corrected chi connectivity index (χ0v) is 9.24. The van der Waals surface area contributed by atoms with E-state index in [4.69, 9.17) is 0 Å². The van der Waals surface area contributed by atoms with E-state index in [1.165, 1.54) is 6.20 Å². The summed E-state index contributed by atoms with van der Waals surface area (Å²) < 4.78 is 25.3. The van der Waals surface area contributed by atoms with Crippen LogP contribution in [0.15, 0.2) is 12.3 Å². The average Bonchev–Trinajstić information content (AvgIpc) is 2.66. The Morgan fingerprint density at radius 2 is 2.44 bits per heavy atom. The Hall–Kier alpha value is -1.01. The van der Waals surface area contributed by atoms with Crippen molar-refractivity contribution in [2.45, 2.75) is 26.1 Å². The smallest absolute Gasteiger partial charge is 0.312 e. The van der Waals surface area contributed by atoms with E-state index in [9.17, 15) is 8.78 Å². The summed E-state index contributed by atoms with van der Waals surface area (Å²) in [6.07, 6.45) is 1.33. The average molecular weight is 230 g/mol. The molecule has 0 spiro atoms. The molecule has 1 atom stereocenters. The quantitative estimate of drug-likeness (QED) is 0.843. The second-order valence-corrected chi connectivity index (χ2v) is 4.16. The van der Waals surface area contributed by atoms with E-state index in [2.05, 4.69) is 22.2 Å². The Kier molecular flexibility index (Phi) is 3.50. The predicted octanol–water partition coefficient (Wildman–Crippen LogP) is 1.07. The molecule has 0 aliphatic carbocycles. The summed E-state index contributed by atoms with van der Waals surface area (Å²) in [4.78, 5) is 2.22. The van der Waals surface area contributed by atoms with E-state index in [-0.39, 0.29) is 0 Å². The standard InChI is InChI=1S/C10H16F2N4/c1-8-6-15(5-3-13-8)7-9-2-4-16(14-9)10(11)12/h2,4,8,10,13H,3,5-7H2,1H3/t8-/m0/s1. The highest BCUT2D eigenvalue weighted by atomic mass is 19.3. The molecule has 0 aromatic carbocycles. The summed E-state index contributed by atoms with van der Waals surface area (Å²) >= 11 is 0. The van der Waals surface area contributed by atoms with Crippen LogP contribution in [0.2, 0.25) is 0 Å². The third-order valence-electron chi connectivity index (χ3n) is 2.70. The maximum atomic E-state index is 12.3. The summed E-state index contributed by atoms with van der Waals surface area (Å²) in [6.45, 7) is 3.02. The summed E-state index contributed by atoms with van der Waals surface area (Å²) in [5.74, 6) is 0. The highest BCUT2D eigenvalue weighted by Crippen LogP contribution is 2.11. The van der Waals surface area contributed by atoms with Gasteiger partial charge in [0.15, 0.2) is 0 Å². The van der Waals surface area contributed by atoms with Gasteiger partial charge in [-0.15, -0.1) is 0 Å². The van der Waals surface area contributed by atoms with Crippen LogP contribution in [0.5, 0.6) is 0 Å². The molecule has 2 rings (SSSR count). The fraction of sp³-hybridized carbons (Fsp3) is 0.700. The highest BCUT2D eigenvalue weighted by Gasteiger charge is 2.17. The van der Waals surface area contributed by atoms with Crippen LogP contribution in [0, 0.1) is 0 Å². The molecule has 0 saturated carbocycles. The fourth-order valence-electron chi connectivity index (χ4n) is 1.96. The van der Waals surface area contributed by atoms with Crippen molar-refractivity contribution in [2.75, 3.05) is 19.6 Å². The maximum absolute atomic E-state index is 12.3. The van der Waals surface area contributed by atoms with Crippen LogP contribution >= 0.6 is 0 Å². The van der Waals surface area contributed by atoms with Gasteiger partial charge in [-0.2, -0.15) is 13.9 Å². The van der Waals surface area contributed by atoms with Crippen LogP contribution < -0.4 is 5.32 Å². The third-order valence-corrected chi connectivity index (χ3v) is 2.70. The molecule has 0 unspecified atom stereocenters.